The van der Waals surface area contributed by atoms with Gasteiger partial charge < -0.3 is 14.8 Å². The summed E-state index contributed by atoms with van der Waals surface area (Å²) >= 11 is 6.03. The van der Waals surface area contributed by atoms with Gasteiger partial charge in [0.2, 0.25) is 0 Å². The van der Waals surface area contributed by atoms with E-state index < -0.39 is 6.10 Å². The minimum absolute atomic E-state index is 0.217. The highest BCUT2D eigenvalue weighted by atomic mass is 35.5. The lowest BCUT2D eigenvalue weighted by molar-refractivity contribution is -0.122. The second-order valence-corrected chi connectivity index (χ2v) is 6.92. The van der Waals surface area contributed by atoms with Crippen LogP contribution in [0.4, 0.5) is 5.69 Å². The van der Waals surface area contributed by atoms with E-state index in [1.807, 2.05) is 13.0 Å². The van der Waals surface area contributed by atoms with E-state index in [1.165, 1.54) is 24.0 Å². The monoisotopic (exact) mass is 373 g/mol. The average Bonchev–Trinajstić information content (AvgIpc) is 2.66. The van der Waals surface area contributed by atoms with Crippen molar-refractivity contribution < 1.29 is 14.3 Å². The lowest BCUT2D eigenvalue weighted by Crippen LogP contribution is -2.32. The smallest absolute Gasteiger partial charge is 0.265 e. The van der Waals surface area contributed by atoms with Crippen LogP contribution in [0.15, 0.2) is 36.4 Å². The van der Waals surface area contributed by atoms with E-state index in [0.29, 0.717) is 22.9 Å². The van der Waals surface area contributed by atoms with Crippen LogP contribution in [0.25, 0.3) is 0 Å². The first kappa shape index (κ1) is 18.6. The Hall–Kier alpha value is -2.20. The van der Waals surface area contributed by atoms with Gasteiger partial charge in [-0.1, -0.05) is 24.6 Å². The Bertz CT molecular complexity index is 791. The number of hydrogen-bond acceptors (Lipinski definition) is 3. The van der Waals surface area contributed by atoms with Gasteiger partial charge in [0.05, 0.1) is 12.8 Å². The molecular weight excluding hydrogens is 350 g/mol. The van der Waals surface area contributed by atoms with Crippen LogP contribution in [0.2, 0.25) is 5.02 Å². The molecule has 0 aromatic heterocycles. The number of rotatable bonds is 6. The van der Waals surface area contributed by atoms with Gasteiger partial charge >= 0.3 is 0 Å². The molecule has 0 saturated carbocycles. The Morgan fingerprint density at radius 3 is 2.65 bits per heavy atom. The second kappa shape index (κ2) is 8.45. The van der Waals surface area contributed by atoms with Gasteiger partial charge in [0.15, 0.2) is 6.10 Å². The third-order valence-corrected chi connectivity index (χ3v) is 4.92. The molecule has 1 unspecified atom stereocenters. The van der Waals surface area contributed by atoms with Crippen LogP contribution in [0.5, 0.6) is 11.5 Å². The third kappa shape index (κ3) is 4.31. The lowest BCUT2D eigenvalue weighted by Gasteiger charge is -2.21. The number of methoxy groups -OCH3 is 1. The van der Waals surface area contributed by atoms with Crippen LogP contribution < -0.4 is 14.8 Å². The molecule has 3 rings (SSSR count). The van der Waals surface area contributed by atoms with Crippen molar-refractivity contribution in [3.8, 4) is 11.5 Å². The van der Waals surface area contributed by atoms with Gasteiger partial charge in [-0.2, -0.15) is 0 Å². The highest BCUT2D eigenvalue weighted by Crippen LogP contribution is 2.29. The normalized spacial score (nSPS) is 14.3. The lowest BCUT2D eigenvalue weighted by atomic mass is 9.92. The van der Waals surface area contributed by atoms with Gasteiger partial charge in [-0.15, -0.1) is 0 Å². The summed E-state index contributed by atoms with van der Waals surface area (Å²) in [6.07, 6.45) is 4.64. The van der Waals surface area contributed by atoms with E-state index in [1.54, 1.807) is 25.3 Å². The van der Waals surface area contributed by atoms with Gasteiger partial charge in [-0.25, -0.2) is 0 Å². The molecule has 2 aromatic rings. The van der Waals surface area contributed by atoms with Crippen molar-refractivity contribution in [3.05, 3.63) is 52.5 Å². The van der Waals surface area contributed by atoms with Gasteiger partial charge in [0, 0.05) is 5.02 Å². The fourth-order valence-electron chi connectivity index (χ4n) is 3.26. The first-order valence-corrected chi connectivity index (χ1v) is 9.41. The first-order chi connectivity index (χ1) is 12.6. The molecule has 0 bridgehead atoms. The summed E-state index contributed by atoms with van der Waals surface area (Å²) in [6, 6.07) is 11.3. The maximum absolute atomic E-state index is 12.7. The van der Waals surface area contributed by atoms with Crippen molar-refractivity contribution >= 4 is 23.2 Å². The Morgan fingerprint density at radius 2 is 1.92 bits per heavy atom. The summed E-state index contributed by atoms with van der Waals surface area (Å²) < 4.78 is 11.3. The first-order valence-electron chi connectivity index (χ1n) is 9.03. The van der Waals surface area contributed by atoms with Crippen LogP contribution >= 0.6 is 11.6 Å². The largest absolute Gasteiger partial charge is 0.495 e. The number of ether oxygens (including phenoxy) is 2. The predicted octanol–water partition coefficient (Wildman–Crippen LogP) is 5.02. The number of amides is 1. The Morgan fingerprint density at radius 1 is 1.15 bits per heavy atom. The van der Waals surface area contributed by atoms with E-state index >= 15 is 0 Å². The number of fused-ring (bicyclic) bond motifs is 1. The molecule has 0 saturated heterocycles. The van der Waals surface area contributed by atoms with Crippen molar-refractivity contribution in [2.45, 2.75) is 45.1 Å². The second-order valence-electron chi connectivity index (χ2n) is 6.49. The third-order valence-electron chi connectivity index (χ3n) is 4.68. The van der Waals surface area contributed by atoms with E-state index in [4.69, 9.17) is 21.1 Å². The molecule has 26 heavy (non-hydrogen) atoms. The minimum Gasteiger partial charge on any atom is -0.495 e. The fraction of sp³-hybridized carbons (Fsp3) is 0.381. The van der Waals surface area contributed by atoms with Crippen molar-refractivity contribution in [3.63, 3.8) is 0 Å². The average molecular weight is 374 g/mol. The summed E-state index contributed by atoms with van der Waals surface area (Å²) in [5.41, 5.74) is 3.27. The molecular formula is C21H24ClNO3. The Labute approximate surface area is 159 Å². The number of hydrogen-bond donors (Lipinski definition) is 1. The molecule has 1 N–H and O–H groups in total. The highest BCUT2D eigenvalue weighted by Gasteiger charge is 2.21. The van der Waals surface area contributed by atoms with Crippen molar-refractivity contribution in [2.24, 2.45) is 0 Å². The van der Waals surface area contributed by atoms with Gasteiger partial charge in [0.25, 0.3) is 5.91 Å². The summed E-state index contributed by atoms with van der Waals surface area (Å²) in [6.45, 7) is 1.93. The summed E-state index contributed by atoms with van der Waals surface area (Å²) in [5, 5.41) is 3.39. The molecule has 5 heteroatoms. The molecule has 0 aliphatic heterocycles. The molecule has 1 atom stereocenters. The van der Waals surface area contributed by atoms with Gasteiger partial charge in [0.1, 0.15) is 11.5 Å². The summed E-state index contributed by atoms with van der Waals surface area (Å²) in [5.74, 6) is 1.09. The van der Waals surface area contributed by atoms with Crippen molar-refractivity contribution in [1.82, 2.24) is 0 Å². The molecule has 138 valence electrons. The topological polar surface area (TPSA) is 47.6 Å². The zero-order valence-corrected chi connectivity index (χ0v) is 15.9. The standard InChI is InChI=1S/C21H24ClNO3/c1-3-19(21(24)23-18-13-16(22)9-11-20(18)25-2)26-17-10-8-14-6-4-5-7-15(14)12-17/h8-13,19H,3-7H2,1-2H3,(H,23,24). The molecule has 0 spiro atoms. The van der Waals surface area contributed by atoms with Crippen LogP contribution in [0, 0.1) is 0 Å². The van der Waals surface area contributed by atoms with Crippen LogP contribution in [-0.2, 0) is 17.6 Å². The number of carbonyl (C=O) groups excluding carboxylic acids is 1. The Balaban J connectivity index is 1.72. The number of halogens is 1. The molecule has 1 amide bonds. The molecule has 4 nitrogen and oxygen atoms in total. The van der Waals surface area contributed by atoms with E-state index in [-0.39, 0.29) is 5.91 Å². The number of benzene rings is 2. The molecule has 2 aromatic carbocycles. The quantitative estimate of drug-likeness (QED) is 0.773. The number of aryl methyl sites for hydroxylation is 2. The summed E-state index contributed by atoms with van der Waals surface area (Å²) in [7, 11) is 1.56. The van der Waals surface area contributed by atoms with E-state index in [0.717, 1.165) is 18.6 Å². The number of carbonyl (C=O) groups is 1. The van der Waals surface area contributed by atoms with Crippen molar-refractivity contribution in [2.75, 3.05) is 12.4 Å². The zero-order valence-electron chi connectivity index (χ0n) is 15.2. The molecule has 1 aliphatic carbocycles. The van der Waals surface area contributed by atoms with Crippen LogP contribution in [-0.4, -0.2) is 19.1 Å². The maximum atomic E-state index is 12.7. The summed E-state index contributed by atoms with van der Waals surface area (Å²) in [4.78, 5) is 12.7. The number of anilines is 1. The molecule has 0 fully saturated rings. The molecule has 1 aliphatic rings. The van der Waals surface area contributed by atoms with E-state index in [2.05, 4.69) is 17.4 Å². The molecule has 0 heterocycles. The fourth-order valence-corrected chi connectivity index (χ4v) is 3.43. The zero-order chi connectivity index (χ0) is 18.5. The van der Waals surface area contributed by atoms with Crippen LogP contribution in [0.1, 0.15) is 37.3 Å². The SMILES string of the molecule is CCC(Oc1ccc2c(c1)CCCC2)C(=O)Nc1cc(Cl)ccc1OC. The predicted molar refractivity (Wildman–Crippen MR) is 104 cm³/mol. The van der Waals surface area contributed by atoms with Gasteiger partial charge in [-0.05, 0) is 73.6 Å². The van der Waals surface area contributed by atoms with Crippen LogP contribution in [0.3, 0.4) is 0 Å². The maximum Gasteiger partial charge on any atom is 0.265 e. The highest BCUT2D eigenvalue weighted by molar-refractivity contribution is 6.31. The number of nitrogens with one attached hydrogen (secondary N) is 1. The minimum atomic E-state index is -0.583. The van der Waals surface area contributed by atoms with E-state index in [9.17, 15) is 4.79 Å². The Kier molecular flexibility index (Phi) is 6.04. The van der Waals surface area contributed by atoms with Crippen molar-refractivity contribution in [1.29, 1.82) is 0 Å². The molecule has 0 radical (unpaired) electrons. The van der Waals surface area contributed by atoms with Gasteiger partial charge in [-0.3, -0.25) is 4.79 Å².